The fraction of sp³-hybridized carbons (Fsp3) is 0. The molecule has 178 valence electrons. The highest BCUT2D eigenvalue weighted by Crippen LogP contribution is 2.33. The molecule has 37 heavy (non-hydrogen) atoms. The van der Waals surface area contributed by atoms with Crippen LogP contribution in [0.1, 0.15) is 0 Å². The number of hydrogen-bond acceptors (Lipinski definition) is 7. The number of benzene rings is 4. The van der Waals surface area contributed by atoms with E-state index in [0.717, 1.165) is 31.5 Å². The molecule has 3 aromatic heterocycles. The number of aromatic nitrogens is 8. The SMILES string of the molecule is Clc1cccc2nc(-n3nnc4ccccc43)c(-n3nnc4ccccc43)nc3cccc(Cl)c3sc12. The molecule has 0 spiro atoms. The van der Waals surface area contributed by atoms with Crippen molar-refractivity contribution in [2.75, 3.05) is 0 Å². The minimum atomic E-state index is 0.404. The van der Waals surface area contributed by atoms with Gasteiger partial charge in [0.05, 0.1) is 41.5 Å². The van der Waals surface area contributed by atoms with E-state index in [2.05, 4.69) is 20.6 Å². The lowest BCUT2D eigenvalue weighted by atomic mass is 10.3. The van der Waals surface area contributed by atoms with Crippen LogP contribution in [0, 0.1) is 0 Å². The lowest BCUT2D eigenvalue weighted by Crippen LogP contribution is -2.09. The van der Waals surface area contributed by atoms with E-state index in [9.17, 15) is 0 Å². The Morgan fingerprint density at radius 3 is 1.43 bits per heavy atom. The van der Waals surface area contributed by atoms with Gasteiger partial charge < -0.3 is 0 Å². The van der Waals surface area contributed by atoms with Crippen molar-refractivity contribution in [2.45, 2.75) is 0 Å². The Balaban J connectivity index is 1.76. The van der Waals surface area contributed by atoms with Crippen molar-refractivity contribution in [3.63, 3.8) is 0 Å². The van der Waals surface area contributed by atoms with E-state index in [-0.39, 0.29) is 0 Å². The number of para-hydroxylation sites is 2. The minimum absolute atomic E-state index is 0.404. The molecule has 0 radical (unpaired) electrons. The van der Waals surface area contributed by atoms with Gasteiger partial charge in [-0.2, -0.15) is 9.36 Å². The van der Waals surface area contributed by atoms with E-state index in [4.69, 9.17) is 33.2 Å². The molecule has 0 amide bonds. The second kappa shape index (κ2) is 8.74. The summed E-state index contributed by atoms with van der Waals surface area (Å²) in [6, 6.07) is 26.5. The van der Waals surface area contributed by atoms with E-state index in [1.165, 1.54) is 11.3 Å². The summed E-state index contributed by atoms with van der Waals surface area (Å²) in [4.78, 5) is 10.2. The normalized spacial score (nSPS) is 11.5. The van der Waals surface area contributed by atoms with Crippen molar-refractivity contribution in [2.24, 2.45) is 0 Å². The van der Waals surface area contributed by atoms with Gasteiger partial charge in [0.25, 0.3) is 0 Å². The first-order valence-corrected chi connectivity index (χ1v) is 12.8. The van der Waals surface area contributed by atoms with Crippen molar-refractivity contribution in [1.82, 2.24) is 40.0 Å². The maximum atomic E-state index is 6.69. The zero-order chi connectivity index (χ0) is 24.9. The second-order valence-electron chi connectivity index (χ2n) is 8.13. The number of halogens is 2. The van der Waals surface area contributed by atoms with E-state index >= 15 is 0 Å². The van der Waals surface area contributed by atoms with Gasteiger partial charge in [0.15, 0.2) is 0 Å². The van der Waals surface area contributed by atoms with Gasteiger partial charge in [0, 0.05) is 0 Å². The summed E-state index contributed by atoms with van der Waals surface area (Å²) < 4.78 is 4.83. The van der Waals surface area contributed by atoms with Crippen LogP contribution in [0.25, 0.3) is 54.1 Å². The Kier molecular flexibility index (Phi) is 5.21. The van der Waals surface area contributed by atoms with Crippen LogP contribution < -0.4 is 0 Å². The van der Waals surface area contributed by atoms with Crippen LogP contribution >= 0.6 is 34.5 Å². The van der Waals surface area contributed by atoms with Crippen LogP contribution in [0.5, 0.6) is 0 Å². The van der Waals surface area contributed by atoms with Crippen molar-refractivity contribution in [3.05, 3.63) is 95.0 Å². The molecular weight excluding hydrogens is 527 g/mol. The number of rotatable bonds is 2. The molecule has 0 saturated carbocycles. The average Bonchev–Trinajstić information content (AvgIpc) is 3.54. The molecule has 0 bridgehead atoms. The molecule has 7 aromatic rings. The van der Waals surface area contributed by atoms with E-state index in [0.29, 0.717) is 32.7 Å². The van der Waals surface area contributed by atoms with Crippen molar-refractivity contribution in [3.8, 4) is 11.6 Å². The lowest BCUT2D eigenvalue weighted by Gasteiger charge is -2.07. The third-order valence-electron chi connectivity index (χ3n) is 5.85. The topological polar surface area (TPSA) is 87.2 Å². The van der Waals surface area contributed by atoms with Crippen LogP contribution in [-0.2, 0) is 0 Å². The van der Waals surface area contributed by atoms with Crippen molar-refractivity contribution >= 4 is 77.0 Å². The monoisotopic (exact) mass is 540 g/mol. The first-order valence-electron chi connectivity index (χ1n) is 11.2. The Morgan fingerprint density at radius 2 is 0.946 bits per heavy atom. The highest BCUT2D eigenvalue weighted by Gasteiger charge is 2.19. The van der Waals surface area contributed by atoms with Gasteiger partial charge in [0.2, 0.25) is 11.6 Å². The molecule has 0 aliphatic carbocycles. The number of nitrogens with zero attached hydrogens (tertiary/aromatic N) is 8. The lowest BCUT2D eigenvalue weighted by molar-refractivity contribution is 0.755. The van der Waals surface area contributed by atoms with Crippen LogP contribution in [-0.4, -0.2) is 40.0 Å². The van der Waals surface area contributed by atoms with Gasteiger partial charge in [-0.15, -0.1) is 21.5 Å². The predicted molar refractivity (Wildman–Crippen MR) is 147 cm³/mol. The summed E-state index contributed by atoms with van der Waals surface area (Å²) in [6.45, 7) is 0. The third-order valence-corrected chi connectivity index (χ3v) is 7.97. The first kappa shape index (κ1) is 22.1. The van der Waals surface area contributed by atoms with Gasteiger partial charge in [0.1, 0.15) is 11.0 Å². The third kappa shape index (κ3) is 3.67. The van der Waals surface area contributed by atoms with Gasteiger partial charge in [-0.05, 0) is 48.5 Å². The van der Waals surface area contributed by atoms with Gasteiger partial charge >= 0.3 is 0 Å². The number of fused-ring (bicyclic) bond motifs is 4. The summed E-state index contributed by atoms with van der Waals surface area (Å²) in [5, 5.41) is 18.7. The molecule has 0 fully saturated rings. The molecule has 0 saturated heterocycles. The Labute approximate surface area is 223 Å². The van der Waals surface area contributed by atoms with Gasteiger partial charge in [-0.25, -0.2) is 9.97 Å². The van der Waals surface area contributed by atoms with E-state index in [1.807, 2.05) is 84.9 Å². The molecule has 4 aromatic carbocycles. The average molecular weight is 541 g/mol. The van der Waals surface area contributed by atoms with E-state index in [1.54, 1.807) is 9.36 Å². The van der Waals surface area contributed by atoms with Crippen molar-refractivity contribution in [1.29, 1.82) is 0 Å². The zero-order valence-electron chi connectivity index (χ0n) is 18.8. The molecule has 0 unspecified atom stereocenters. The van der Waals surface area contributed by atoms with Crippen LogP contribution in [0.15, 0.2) is 84.9 Å². The van der Waals surface area contributed by atoms with Gasteiger partial charge in [-0.3, -0.25) is 0 Å². The van der Waals surface area contributed by atoms with Crippen LogP contribution in [0.2, 0.25) is 10.0 Å². The summed E-state index contributed by atoms with van der Waals surface area (Å²) in [5.41, 5.74) is 4.24. The molecule has 8 nitrogen and oxygen atoms in total. The number of hydrogen-bond donors (Lipinski definition) is 0. The molecule has 7 rings (SSSR count). The maximum absolute atomic E-state index is 6.69. The largest absolute Gasteiger partial charge is 0.224 e. The quantitative estimate of drug-likeness (QED) is 0.241. The Hall–Kier alpha value is -4.18. The summed E-state index contributed by atoms with van der Waals surface area (Å²) in [5.74, 6) is 0.808. The molecule has 3 heterocycles. The molecular formula is C26H14Cl2N8S. The van der Waals surface area contributed by atoms with Crippen molar-refractivity contribution < 1.29 is 0 Å². The summed E-state index contributed by atoms with van der Waals surface area (Å²) >= 11 is 14.8. The van der Waals surface area contributed by atoms with Crippen LogP contribution in [0.4, 0.5) is 0 Å². The zero-order valence-corrected chi connectivity index (χ0v) is 21.2. The molecule has 0 atom stereocenters. The minimum Gasteiger partial charge on any atom is -0.224 e. The highest BCUT2D eigenvalue weighted by atomic mass is 35.5. The fourth-order valence-electron chi connectivity index (χ4n) is 4.14. The summed E-state index contributed by atoms with van der Waals surface area (Å²) in [7, 11) is 0. The predicted octanol–water partition coefficient (Wildman–Crippen LogP) is 6.74. The first-order chi connectivity index (χ1) is 18.2. The van der Waals surface area contributed by atoms with Gasteiger partial charge in [-0.1, -0.05) is 70.0 Å². The smallest absolute Gasteiger partial charge is 0.201 e. The highest BCUT2D eigenvalue weighted by molar-refractivity contribution is 7.25. The van der Waals surface area contributed by atoms with E-state index < -0.39 is 0 Å². The van der Waals surface area contributed by atoms with Crippen LogP contribution in [0.3, 0.4) is 0 Å². The Bertz CT molecular complexity index is 1900. The maximum Gasteiger partial charge on any atom is 0.201 e. The molecule has 0 N–H and O–H groups in total. The molecule has 11 heteroatoms. The second-order valence-corrected chi connectivity index (χ2v) is 9.96. The summed E-state index contributed by atoms with van der Waals surface area (Å²) in [6.07, 6.45) is 0. The standard InChI is InChI=1S/C26H14Cl2N8S/c27-15-7-5-11-19-23(15)37-24-16(28)8-6-12-20(24)30-26(36-22-14-4-2-10-18(22)32-34-36)25(29-19)35-21-13-3-1-9-17(21)31-33-35/h1-14H. The fourth-order valence-corrected chi connectivity index (χ4v) is 5.68. The molecule has 0 aliphatic rings. The molecule has 0 aliphatic heterocycles. The Morgan fingerprint density at radius 1 is 0.514 bits per heavy atom.